The summed E-state index contributed by atoms with van der Waals surface area (Å²) in [5.74, 6) is -1.15. The zero-order valence-corrected chi connectivity index (χ0v) is 22.8. The van der Waals surface area contributed by atoms with E-state index in [9.17, 15) is 18.7 Å². The molecule has 2 aromatic carbocycles. The molecule has 0 aliphatic heterocycles. The summed E-state index contributed by atoms with van der Waals surface area (Å²) in [7, 11) is 3.69. The van der Waals surface area contributed by atoms with Gasteiger partial charge in [-0.2, -0.15) is 5.10 Å². The quantitative estimate of drug-likeness (QED) is 0.293. The van der Waals surface area contributed by atoms with E-state index in [1.807, 2.05) is 32.0 Å². The summed E-state index contributed by atoms with van der Waals surface area (Å²) in [5, 5.41) is 17.9. The number of aryl methyl sites for hydroxylation is 1. The molecule has 2 N–H and O–H groups in total. The molecule has 0 saturated carbocycles. The van der Waals surface area contributed by atoms with Crippen molar-refractivity contribution in [3.63, 3.8) is 0 Å². The number of para-hydroxylation sites is 1. The SMILES string of the molecule is Cc1cc(-n2cc(F)cn2)c2cccc(OCc3c(Cl)cc(F)cc3[C@H](C)NC(=O)[C@@H](O)CCN(C)C)c2n1. The van der Waals surface area contributed by atoms with Gasteiger partial charge in [-0.05, 0) is 64.2 Å². The van der Waals surface area contributed by atoms with E-state index in [0.29, 0.717) is 45.7 Å². The van der Waals surface area contributed by atoms with Crippen LogP contribution < -0.4 is 10.1 Å². The molecule has 4 rings (SSSR count). The molecule has 0 fully saturated rings. The van der Waals surface area contributed by atoms with Crippen molar-refractivity contribution in [3.05, 3.63) is 82.3 Å². The molecule has 11 heteroatoms. The fourth-order valence-electron chi connectivity index (χ4n) is 4.28. The minimum absolute atomic E-state index is 0.0433. The number of rotatable bonds is 10. The normalized spacial score (nSPS) is 13.1. The number of carbonyl (C=O) groups is 1. The molecule has 1 amide bonds. The standard InChI is InChI=1S/C28H30ClF2N5O3/c1-16-10-24(36-14-19(31)13-32-36)20-6-5-7-26(27(20)33-16)39-15-22-21(11-18(30)12-23(22)29)17(2)34-28(38)25(37)8-9-35(3)4/h5-7,10-14,17,25,37H,8-9,15H2,1-4H3,(H,34,38)/t17-,25-/m0/s1. The van der Waals surface area contributed by atoms with E-state index in [1.54, 1.807) is 25.1 Å². The zero-order chi connectivity index (χ0) is 28.3. The van der Waals surface area contributed by atoms with Gasteiger partial charge < -0.3 is 20.1 Å². The largest absolute Gasteiger partial charge is 0.487 e. The maximum atomic E-state index is 14.4. The number of aliphatic hydroxyl groups is 1. The first-order chi connectivity index (χ1) is 18.5. The van der Waals surface area contributed by atoms with Gasteiger partial charge in [-0.25, -0.2) is 18.4 Å². The average Bonchev–Trinajstić information content (AvgIpc) is 3.31. The lowest BCUT2D eigenvalue weighted by Crippen LogP contribution is -2.38. The number of pyridine rings is 1. The van der Waals surface area contributed by atoms with Crippen LogP contribution in [0.15, 0.2) is 48.8 Å². The molecule has 4 aromatic rings. The van der Waals surface area contributed by atoms with Crippen molar-refractivity contribution >= 4 is 28.4 Å². The number of amides is 1. The zero-order valence-electron chi connectivity index (χ0n) is 22.1. The molecule has 0 bridgehead atoms. The topological polar surface area (TPSA) is 92.5 Å². The molecule has 2 aromatic heterocycles. The first kappa shape index (κ1) is 28.4. The van der Waals surface area contributed by atoms with Crippen LogP contribution in [-0.4, -0.2) is 57.4 Å². The number of hydrogen-bond acceptors (Lipinski definition) is 6. The molecule has 206 valence electrons. The van der Waals surface area contributed by atoms with Crippen LogP contribution in [-0.2, 0) is 11.4 Å². The molecule has 2 atom stereocenters. The van der Waals surface area contributed by atoms with Crippen LogP contribution in [0.4, 0.5) is 8.78 Å². The van der Waals surface area contributed by atoms with Gasteiger partial charge in [0.05, 0.1) is 29.1 Å². The van der Waals surface area contributed by atoms with E-state index in [0.717, 1.165) is 6.20 Å². The molecular weight excluding hydrogens is 528 g/mol. The summed E-state index contributed by atoms with van der Waals surface area (Å²) in [4.78, 5) is 19.0. The van der Waals surface area contributed by atoms with E-state index < -0.39 is 29.7 Å². The van der Waals surface area contributed by atoms with Gasteiger partial charge in [0.1, 0.15) is 29.8 Å². The number of benzene rings is 2. The second-order valence-electron chi connectivity index (χ2n) is 9.62. The van der Waals surface area contributed by atoms with Crippen molar-refractivity contribution < 1.29 is 23.4 Å². The molecule has 8 nitrogen and oxygen atoms in total. The van der Waals surface area contributed by atoms with Crippen molar-refractivity contribution in [2.24, 2.45) is 0 Å². The Kier molecular flexibility index (Phi) is 8.79. The van der Waals surface area contributed by atoms with Crippen molar-refractivity contribution in [2.75, 3.05) is 20.6 Å². The number of fused-ring (bicyclic) bond motifs is 1. The molecular formula is C28H30ClF2N5O3. The lowest BCUT2D eigenvalue weighted by molar-refractivity contribution is -0.130. The second-order valence-corrected chi connectivity index (χ2v) is 10.0. The Bertz CT molecular complexity index is 1490. The molecule has 0 saturated heterocycles. The summed E-state index contributed by atoms with van der Waals surface area (Å²) >= 11 is 6.43. The van der Waals surface area contributed by atoms with E-state index in [2.05, 4.69) is 15.4 Å². The molecule has 0 aliphatic rings. The Balaban J connectivity index is 1.61. The molecule has 39 heavy (non-hydrogen) atoms. The number of carbonyl (C=O) groups excluding carboxylic acids is 1. The van der Waals surface area contributed by atoms with Crippen molar-refractivity contribution in [3.8, 4) is 11.4 Å². The first-order valence-electron chi connectivity index (χ1n) is 12.4. The molecule has 2 heterocycles. The van der Waals surface area contributed by atoms with Crippen molar-refractivity contribution in [2.45, 2.75) is 39.0 Å². The predicted molar refractivity (Wildman–Crippen MR) is 145 cm³/mol. The predicted octanol–water partition coefficient (Wildman–Crippen LogP) is 4.73. The Labute approximate surface area is 230 Å². The summed E-state index contributed by atoms with van der Waals surface area (Å²) < 4.78 is 35.6. The minimum atomic E-state index is -1.21. The number of ether oxygens (including phenoxy) is 1. The van der Waals surface area contributed by atoms with E-state index >= 15 is 0 Å². The highest BCUT2D eigenvalue weighted by atomic mass is 35.5. The van der Waals surface area contributed by atoms with Gasteiger partial charge in [0.2, 0.25) is 5.91 Å². The van der Waals surface area contributed by atoms with Gasteiger partial charge in [0.15, 0.2) is 5.82 Å². The van der Waals surface area contributed by atoms with E-state index in [1.165, 1.54) is 23.0 Å². The van der Waals surface area contributed by atoms with Gasteiger partial charge in [0.25, 0.3) is 0 Å². The molecule has 0 aliphatic carbocycles. The van der Waals surface area contributed by atoms with Gasteiger partial charge in [0, 0.05) is 23.2 Å². The van der Waals surface area contributed by atoms with E-state index in [4.69, 9.17) is 16.3 Å². The summed E-state index contributed by atoms with van der Waals surface area (Å²) in [5.41, 5.74) is 2.75. The van der Waals surface area contributed by atoms with Gasteiger partial charge >= 0.3 is 0 Å². The lowest BCUT2D eigenvalue weighted by Gasteiger charge is -2.22. The van der Waals surface area contributed by atoms with Crippen molar-refractivity contribution in [1.29, 1.82) is 0 Å². The van der Waals surface area contributed by atoms with Crippen LogP contribution in [0.1, 0.15) is 36.2 Å². The highest BCUT2D eigenvalue weighted by molar-refractivity contribution is 6.31. The number of nitrogens with one attached hydrogen (secondary N) is 1. The number of aromatic nitrogens is 3. The Morgan fingerprint density at radius 2 is 2.00 bits per heavy atom. The van der Waals surface area contributed by atoms with Crippen molar-refractivity contribution in [1.82, 2.24) is 25.0 Å². The summed E-state index contributed by atoms with van der Waals surface area (Å²) in [6.45, 7) is 3.98. The third-order valence-corrected chi connectivity index (χ3v) is 6.59. The van der Waals surface area contributed by atoms with Gasteiger partial charge in [-0.1, -0.05) is 23.7 Å². The number of aliphatic hydroxyl groups excluding tert-OH is 1. The Morgan fingerprint density at radius 1 is 1.23 bits per heavy atom. The monoisotopic (exact) mass is 557 g/mol. The Morgan fingerprint density at radius 3 is 2.69 bits per heavy atom. The molecule has 0 unspecified atom stereocenters. The number of halogens is 3. The fourth-order valence-corrected chi connectivity index (χ4v) is 4.55. The number of nitrogens with zero attached hydrogens (tertiary/aromatic N) is 4. The third kappa shape index (κ3) is 6.70. The third-order valence-electron chi connectivity index (χ3n) is 6.25. The second kappa shape index (κ2) is 12.1. The highest BCUT2D eigenvalue weighted by Gasteiger charge is 2.22. The first-order valence-corrected chi connectivity index (χ1v) is 12.8. The molecule has 0 spiro atoms. The minimum Gasteiger partial charge on any atom is -0.487 e. The lowest BCUT2D eigenvalue weighted by atomic mass is 10.0. The summed E-state index contributed by atoms with van der Waals surface area (Å²) in [6, 6.07) is 8.96. The van der Waals surface area contributed by atoms with Gasteiger partial charge in [-0.3, -0.25) is 4.79 Å². The Hall–Kier alpha value is -3.60. The van der Waals surface area contributed by atoms with Crippen LogP contribution in [0.2, 0.25) is 5.02 Å². The maximum absolute atomic E-state index is 14.4. The maximum Gasteiger partial charge on any atom is 0.249 e. The summed E-state index contributed by atoms with van der Waals surface area (Å²) in [6.07, 6.45) is 1.45. The van der Waals surface area contributed by atoms with Gasteiger partial charge in [-0.15, -0.1) is 0 Å². The average molecular weight is 558 g/mol. The number of hydrogen-bond donors (Lipinski definition) is 2. The van der Waals surface area contributed by atoms with Crippen LogP contribution in [0.5, 0.6) is 5.75 Å². The highest BCUT2D eigenvalue weighted by Crippen LogP contribution is 2.32. The van der Waals surface area contributed by atoms with E-state index in [-0.39, 0.29) is 18.1 Å². The van der Waals surface area contributed by atoms with Crippen LogP contribution in [0.25, 0.3) is 16.6 Å². The fraction of sp³-hybridized carbons (Fsp3) is 0.321. The van der Waals surface area contributed by atoms with Crippen LogP contribution in [0, 0.1) is 18.6 Å². The smallest absolute Gasteiger partial charge is 0.249 e. The van der Waals surface area contributed by atoms with Crippen LogP contribution in [0.3, 0.4) is 0 Å². The molecule has 0 radical (unpaired) electrons. The van der Waals surface area contributed by atoms with Crippen LogP contribution >= 0.6 is 11.6 Å².